The fourth-order valence-corrected chi connectivity index (χ4v) is 4.46. The molecule has 1 fully saturated rings. The molecule has 1 aromatic carbocycles. The first-order valence-corrected chi connectivity index (χ1v) is 10.3. The quantitative estimate of drug-likeness (QED) is 0.651. The van der Waals surface area contributed by atoms with Gasteiger partial charge in [-0.3, -0.25) is 4.79 Å². The smallest absolute Gasteiger partial charge is 0.276 e. The molecule has 2 aliphatic rings. The third kappa shape index (κ3) is 3.19. The molecule has 3 aromatic rings. The van der Waals surface area contributed by atoms with Gasteiger partial charge in [0.15, 0.2) is 17.4 Å². The van der Waals surface area contributed by atoms with Crippen LogP contribution in [0.5, 0.6) is 0 Å². The van der Waals surface area contributed by atoms with Crippen LogP contribution in [0.15, 0.2) is 40.9 Å². The second kappa shape index (κ2) is 7.32. The van der Waals surface area contributed by atoms with E-state index in [4.69, 9.17) is 14.1 Å². The van der Waals surface area contributed by atoms with E-state index in [0.29, 0.717) is 55.7 Å². The molecule has 0 unspecified atom stereocenters. The zero-order chi connectivity index (χ0) is 20.7. The molecule has 1 saturated heterocycles. The highest BCUT2D eigenvalue weighted by atomic mass is 16.5. The van der Waals surface area contributed by atoms with Crippen molar-refractivity contribution in [3.05, 3.63) is 65.1 Å². The molecule has 154 valence electrons. The Morgan fingerprint density at radius 2 is 1.87 bits per heavy atom. The lowest BCUT2D eigenvalue weighted by molar-refractivity contribution is -0.0967. The van der Waals surface area contributed by atoms with Crippen molar-refractivity contribution in [1.29, 1.82) is 0 Å². The highest BCUT2D eigenvalue weighted by Crippen LogP contribution is 2.41. The number of amides is 1. The molecular formula is C23H24N4O3. The highest BCUT2D eigenvalue weighted by Gasteiger charge is 2.44. The Morgan fingerprint density at radius 3 is 2.57 bits per heavy atom. The molecule has 1 amide bonds. The van der Waals surface area contributed by atoms with Crippen LogP contribution in [0, 0.1) is 13.8 Å². The van der Waals surface area contributed by atoms with Crippen molar-refractivity contribution in [3.8, 4) is 11.4 Å². The van der Waals surface area contributed by atoms with Crippen LogP contribution in [0.1, 0.15) is 46.2 Å². The van der Waals surface area contributed by atoms with Crippen molar-refractivity contribution in [2.75, 3.05) is 19.7 Å². The monoisotopic (exact) mass is 404 g/mol. The Bertz CT molecular complexity index is 1090. The van der Waals surface area contributed by atoms with Crippen LogP contribution < -0.4 is 0 Å². The largest absolute Gasteiger partial charge is 0.445 e. The fraction of sp³-hybridized carbons (Fsp3) is 0.391. The minimum absolute atomic E-state index is 0.0807. The summed E-state index contributed by atoms with van der Waals surface area (Å²) in [5.41, 5.74) is 3.05. The van der Waals surface area contributed by atoms with Gasteiger partial charge in [0.1, 0.15) is 11.4 Å². The standard InChI is InChI=1S/C23H24N4O3/c1-15-19(25-16(2)30-15)22(28)27-11-9-23(10-12-27)20-18(8-13-29-23)14-24-21(26-20)17-6-4-3-5-7-17/h3-7,14H,8-13H2,1-2H3. The zero-order valence-corrected chi connectivity index (χ0v) is 17.2. The van der Waals surface area contributed by atoms with Gasteiger partial charge in [-0.15, -0.1) is 0 Å². The third-order valence-corrected chi connectivity index (χ3v) is 6.04. The van der Waals surface area contributed by atoms with Crippen molar-refractivity contribution in [2.24, 2.45) is 0 Å². The predicted octanol–water partition coefficient (Wildman–Crippen LogP) is 3.45. The lowest BCUT2D eigenvalue weighted by Gasteiger charge is -2.44. The summed E-state index contributed by atoms with van der Waals surface area (Å²) >= 11 is 0. The second-order valence-electron chi connectivity index (χ2n) is 7.96. The van der Waals surface area contributed by atoms with Gasteiger partial charge in [0.2, 0.25) is 0 Å². The summed E-state index contributed by atoms with van der Waals surface area (Å²) in [6.45, 7) is 5.37. The fourth-order valence-electron chi connectivity index (χ4n) is 4.46. The van der Waals surface area contributed by atoms with Crippen molar-refractivity contribution in [2.45, 2.75) is 38.7 Å². The first kappa shape index (κ1) is 18.9. The van der Waals surface area contributed by atoms with Gasteiger partial charge in [0.05, 0.1) is 12.3 Å². The van der Waals surface area contributed by atoms with Crippen LogP contribution in [-0.2, 0) is 16.8 Å². The Balaban J connectivity index is 1.41. The van der Waals surface area contributed by atoms with Crippen molar-refractivity contribution < 1.29 is 13.9 Å². The number of fused-ring (bicyclic) bond motifs is 2. The van der Waals surface area contributed by atoms with Crippen LogP contribution in [0.2, 0.25) is 0 Å². The van der Waals surface area contributed by atoms with Gasteiger partial charge in [0, 0.05) is 31.8 Å². The van der Waals surface area contributed by atoms with E-state index in [1.165, 1.54) is 0 Å². The summed E-state index contributed by atoms with van der Waals surface area (Å²) in [4.78, 5) is 28.6. The number of ether oxygens (including phenoxy) is 1. The number of likely N-dealkylation sites (tertiary alicyclic amines) is 1. The summed E-state index contributed by atoms with van der Waals surface area (Å²) in [6.07, 6.45) is 4.15. The van der Waals surface area contributed by atoms with Crippen LogP contribution in [0.3, 0.4) is 0 Å². The van der Waals surface area contributed by atoms with E-state index in [9.17, 15) is 4.79 Å². The molecule has 2 aromatic heterocycles. The third-order valence-electron chi connectivity index (χ3n) is 6.04. The van der Waals surface area contributed by atoms with E-state index in [1.807, 2.05) is 41.4 Å². The summed E-state index contributed by atoms with van der Waals surface area (Å²) in [5, 5.41) is 0. The van der Waals surface area contributed by atoms with Crippen molar-refractivity contribution in [1.82, 2.24) is 19.9 Å². The molecule has 30 heavy (non-hydrogen) atoms. The first-order chi connectivity index (χ1) is 14.6. The van der Waals surface area contributed by atoms with Crippen LogP contribution in [0.25, 0.3) is 11.4 Å². The van der Waals surface area contributed by atoms with Gasteiger partial charge in [-0.25, -0.2) is 15.0 Å². The number of hydrogen-bond acceptors (Lipinski definition) is 6. The number of rotatable bonds is 2. The van der Waals surface area contributed by atoms with Crippen LogP contribution in [-0.4, -0.2) is 45.5 Å². The Labute approximate surface area is 175 Å². The van der Waals surface area contributed by atoms with Crippen LogP contribution >= 0.6 is 0 Å². The summed E-state index contributed by atoms with van der Waals surface area (Å²) < 4.78 is 11.8. The van der Waals surface area contributed by atoms with E-state index in [-0.39, 0.29) is 5.91 Å². The van der Waals surface area contributed by atoms with Crippen molar-refractivity contribution in [3.63, 3.8) is 0 Å². The molecule has 0 saturated carbocycles. The topological polar surface area (TPSA) is 81.4 Å². The maximum Gasteiger partial charge on any atom is 0.276 e. The first-order valence-electron chi connectivity index (χ1n) is 10.3. The average Bonchev–Trinajstić information content (AvgIpc) is 3.12. The second-order valence-corrected chi connectivity index (χ2v) is 7.96. The maximum atomic E-state index is 12.9. The Hall–Kier alpha value is -3.06. The van der Waals surface area contributed by atoms with Gasteiger partial charge in [-0.1, -0.05) is 30.3 Å². The number of hydrogen-bond donors (Lipinski definition) is 0. The van der Waals surface area contributed by atoms with Gasteiger partial charge in [0.25, 0.3) is 5.91 Å². The molecule has 7 nitrogen and oxygen atoms in total. The molecule has 5 rings (SSSR count). The van der Waals surface area contributed by atoms with E-state index in [1.54, 1.807) is 13.8 Å². The summed E-state index contributed by atoms with van der Waals surface area (Å²) in [5.74, 6) is 1.71. The molecular weight excluding hydrogens is 380 g/mol. The molecule has 0 N–H and O–H groups in total. The van der Waals surface area contributed by atoms with E-state index in [2.05, 4.69) is 9.97 Å². The molecule has 2 aliphatic heterocycles. The van der Waals surface area contributed by atoms with Gasteiger partial charge in [-0.2, -0.15) is 0 Å². The lowest BCUT2D eigenvalue weighted by atomic mass is 9.83. The maximum absolute atomic E-state index is 12.9. The highest BCUT2D eigenvalue weighted by molar-refractivity contribution is 5.93. The number of aryl methyl sites for hydroxylation is 2. The normalized spacial score (nSPS) is 17.7. The van der Waals surface area contributed by atoms with Crippen molar-refractivity contribution >= 4 is 5.91 Å². The number of piperidine rings is 1. The number of oxazole rings is 1. The van der Waals surface area contributed by atoms with Gasteiger partial charge in [-0.05, 0) is 31.7 Å². The summed E-state index contributed by atoms with van der Waals surface area (Å²) in [6, 6.07) is 9.99. The number of aromatic nitrogens is 3. The molecule has 0 bridgehead atoms. The van der Waals surface area contributed by atoms with Gasteiger partial charge >= 0.3 is 0 Å². The number of carbonyl (C=O) groups is 1. The number of carbonyl (C=O) groups excluding carboxylic acids is 1. The molecule has 0 atom stereocenters. The predicted molar refractivity (Wildman–Crippen MR) is 110 cm³/mol. The molecule has 4 heterocycles. The van der Waals surface area contributed by atoms with E-state index >= 15 is 0 Å². The summed E-state index contributed by atoms with van der Waals surface area (Å²) in [7, 11) is 0. The number of nitrogens with zero attached hydrogens (tertiary/aromatic N) is 4. The van der Waals surface area contributed by atoms with E-state index < -0.39 is 5.60 Å². The Kier molecular flexibility index (Phi) is 4.62. The minimum atomic E-state index is -0.467. The molecule has 7 heteroatoms. The minimum Gasteiger partial charge on any atom is -0.445 e. The van der Waals surface area contributed by atoms with Gasteiger partial charge < -0.3 is 14.1 Å². The Morgan fingerprint density at radius 1 is 1.10 bits per heavy atom. The van der Waals surface area contributed by atoms with Crippen LogP contribution in [0.4, 0.5) is 0 Å². The molecule has 0 radical (unpaired) electrons. The van der Waals surface area contributed by atoms with E-state index in [0.717, 1.165) is 23.2 Å². The lowest BCUT2D eigenvalue weighted by Crippen LogP contribution is -2.49. The molecule has 1 spiro atoms. The average molecular weight is 404 g/mol. The zero-order valence-electron chi connectivity index (χ0n) is 17.2. The SMILES string of the molecule is Cc1nc(C(=O)N2CCC3(CC2)OCCc2cnc(-c4ccccc4)nc23)c(C)o1. The number of benzene rings is 1. The molecule has 0 aliphatic carbocycles.